The minimum Gasteiger partial charge on any atom is -0.348 e. The second-order valence-corrected chi connectivity index (χ2v) is 4.97. The Morgan fingerprint density at radius 3 is 2.35 bits per heavy atom. The van der Waals surface area contributed by atoms with Gasteiger partial charge in [0.25, 0.3) is 0 Å². The Labute approximate surface area is 101 Å². The predicted molar refractivity (Wildman–Crippen MR) is 65.2 cm³/mol. The molecule has 0 atom stereocenters. The van der Waals surface area contributed by atoms with Crippen molar-refractivity contribution in [1.82, 2.24) is 4.90 Å². The third-order valence-corrected chi connectivity index (χ3v) is 3.66. The van der Waals surface area contributed by atoms with Crippen molar-refractivity contribution in [3.05, 3.63) is 35.6 Å². The van der Waals surface area contributed by atoms with Crippen LogP contribution < -0.4 is 0 Å². The van der Waals surface area contributed by atoms with E-state index in [-0.39, 0.29) is 11.7 Å². The van der Waals surface area contributed by atoms with Crippen molar-refractivity contribution in [3.8, 4) is 0 Å². The molecular formula is C14H18FNO. The summed E-state index contributed by atoms with van der Waals surface area (Å²) in [5, 5.41) is 0. The summed E-state index contributed by atoms with van der Waals surface area (Å²) < 4.78 is 13.9. The quantitative estimate of drug-likeness (QED) is 0.771. The number of hydrogen-bond donors (Lipinski definition) is 0. The van der Waals surface area contributed by atoms with Gasteiger partial charge in [0.2, 0.25) is 5.91 Å². The standard InChI is InChI=1S/C14H18FNO/c1-16(2)13(17)14(9-5-6-10-14)11-7-3-4-8-12(11)15/h3-4,7-8H,5-6,9-10H2,1-2H3. The zero-order chi connectivity index (χ0) is 12.5. The second kappa shape index (κ2) is 4.47. The molecule has 1 aromatic rings. The third kappa shape index (κ3) is 1.94. The number of amides is 1. The first-order chi connectivity index (χ1) is 8.08. The molecule has 1 aromatic carbocycles. The Bertz CT molecular complexity index is 422. The number of halogens is 1. The first kappa shape index (κ1) is 12.1. The first-order valence-corrected chi connectivity index (χ1v) is 6.05. The molecule has 0 heterocycles. The minimum atomic E-state index is -0.630. The topological polar surface area (TPSA) is 20.3 Å². The number of carbonyl (C=O) groups is 1. The molecule has 0 radical (unpaired) electrons. The first-order valence-electron chi connectivity index (χ1n) is 6.05. The molecule has 92 valence electrons. The molecule has 2 nitrogen and oxygen atoms in total. The van der Waals surface area contributed by atoms with Gasteiger partial charge in [-0.1, -0.05) is 31.0 Å². The fraction of sp³-hybridized carbons (Fsp3) is 0.500. The van der Waals surface area contributed by atoms with E-state index in [1.54, 1.807) is 37.2 Å². The summed E-state index contributed by atoms with van der Waals surface area (Å²) in [5.41, 5.74) is -0.0642. The van der Waals surface area contributed by atoms with E-state index in [4.69, 9.17) is 0 Å². The van der Waals surface area contributed by atoms with Crippen LogP contribution in [0.2, 0.25) is 0 Å². The van der Waals surface area contributed by atoms with Gasteiger partial charge < -0.3 is 4.90 Å². The fourth-order valence-electron chi connectivity index (χ4n) is 2.85. The van der Waals surface area contributed by atoms with E-state index in [9.17, 15) is 9.18 Å². The zero-order valence-electron chi connectivity index (χ0n) is 10.4. The normalized spacial score (nSPS) is 18.1. The highest BCUT2D eigenvalue weighted by Gasteiger charge is 2.44. The van der Waals surface area contributed by atoms with Crippen LogP contribution in [-0.4, -0.2) is 24.9 Å². The molecule has 0 unspecified atom stereocenters. The van der Waals surface area contributed by atoms with Gasteiger partial charge in [0.1, 0.15) is 5.82 Å². The van der Waals surface area contributed by atoms with Crippen molar-refractivity contribution in [2.75, 3.05) is 14.1 Å². The minimum absolute atomic E-state index is 0.0279. The van der Waals surface area contributed by atoms with Crippen LogP contribution in [-0.2, 0) is 10.2 Å². The fourth-order valence-corrected chi connectivity index (χ4v) is 2.85. The van der Waals surface area contributed by atoms with Gasteiger partial charge >= 0.3 is 0 Å². The summed E-state index contributed by atoms with van der Waals surface area (Å²) in [4.78, 5) is 14.0. The summed E-state index contributed by atoms with van der Waals surface area (Å²) in [6.45, 7) is 0. The lowest BCUT2D eigenvalue weighted by Gasteiger charge is -2.31. The van der Waals surface area contributed by atoms with Crippen LogP contribution in [0.5, 0.6) is 0 Å². The zero-order valence-corrected chi connectivity index (χ0v) is 10.4. The van der Waals surface area contributed by atoms with Gasteiger partial charge in [-0.05, 0) is 18.9 Å². The molecule has 1 amide bonds. The van der Waals surface area contributed by atoms with Crippen LogP contribution in [0, 0.1) is 5.82 Å². The summed E-state index contributed by atoms with van der Waals surface area (Å²) in [7, 11) is 3.48. The largest absolute Gasteiger partial charge is 0.348 e. The molecule has 1 aliphatic carbocycles. The third-order valence-electron chi connectivity index (χ3n) is 3.66. The second-order valence-electron chi connectivity index (χ2n) is 4.97. The number of hydrogen-bond acceptors (Lipinski definition) is 1. The van der Waals surface area contributed by atoms with Crippen molar-refractivity contribution in [1.29, 1.82) is 0 Å². The molecule has 0 aromatic heterocycles. The SMILES string of the molecule is CN(C)C(=O)C1(c2ccccc2F)CCCC1. The Morgan fingerprint density at radius 1 is 1.24 bits per heavy atom. The van der Waals surface area contributed by atoms with Crippen molar-refractivity contribution in [2.24, 2.45) is 0 Å². The average Bonchev–Trinajstić information content (AvgIpc) is 2.78. The highest BCUT2D eigenvalue weighted by atomic mass is 19.1. The summed E-state index contributed by atoms with van der Waals surface area (Å²) >= 11 is 0. The van der Waals surface area contributed by atoms with Crippen LogP contribution >= 0.6 is 0 Å². The molecule has 1 fully saturated rings. The van der Waals surface area contributed by atoms with E-state index < -0.39 is 5.41 Å². The lowest BCUT2D eigenvalue weighted by atomic mass is 9.77. The van der Waals surface area contributed by atoms with Gasteiger partial charge in [-0.15, -0.1) is 0 Å². The molecule has 17 heavy (non-hydrogen) atoms. The van der Waals surface area contributed by atoms with Gasteiger partial charge in [-0.2, -0.15) is 0 Å². The van der Waals surface area contributed by atoms with Crippen molar-refractivity contribution in [2.45, 2.75) is 31.1 Å². The summed E-state index contributed by atoms with van der Waals surface area (Å²) in [6.07, 6.45) is 3.50. The number of rotatable bonds is 2. The summed E-state index contributed by atoms with van der Waals surface area (Å²) in [6, 6.07) is 6.67. The van der Waals surface area contributed by atoms with Gasteiger partial charge in [-0.25, -0.2) is 4.39 Å². The highest BCUT2D eigenvalue weighted by molar-refractivity contribution is 5.88. The van der Waals surface area contributed by atoms with E-state index in [0.29, 0.717) is 5.56 Å². The van der Waals surface area contributed by atoms with Crippen LogP contribution in [0.3, 0.4) is 0 Å². The number of benzene rings is 1. The maximum Gasteiger partial charge on any atom is 0.232 e. The smallest absolute Gasteiger partial charge is 0.232 e. The molecule has 0 spiro atoms. The van der Waals surface area contributed by atoms with E-state index in [1.807, 2.05) is 0 Å². The van der Waals surface area contributed by atoms with Gasteiger partial charge in [-0.3, -0.25) is 4.79 Å². The maximum atomic E-state index is 13.9. The van der Waals surface area contributed by atoms with Crippen LogP contribution in [0.4, 0.5) is 4.39 Å². The average molecular weight is 235 g/mol. The Hall–Kier alpha value is -1.38. The lowest BCUT2D eigenvalue weighted by molar-refractivity contribution is -0.134. The molecule has 0 saturated heterocycles. The van der Waals surface area contributed by atoms with E-state index in [1.165, 1.54) is 6.07 Å². The molecule has 0 aliphatic heterocycles. The maximum absolute atomic E-state index is 13.9. The molecule has 2 rings (SSSR count). The molecule has 0 bridgehead atoms. The number of nitrogens with zero attached hydrogens (tertiary/aromatic N) is 1. The Kier molecular flexibility index (Phi) is 3.18. The molecular weight excluding hydrogens is 217 g/mol. The summed E-state index contributed by atoms with van der Waals surface area (Å²) in [5.74, 6) is -0.232. The van der Waals surface area contributed by atoms with Gasteiger partial charge in [0, 0.05) is 19.7 Å². The molecule has 1 saturated carbocycles. The van der Waals surface area contributed by atoms with E-state index in [2.05, 4.69) is 0 Å². The Morgan fingerprint density at radius 2 is 1.82 bits per heavy atom. The van der Waals surface area contributed by atoms with Crippen molar-refractivity contribution >= 4 is 5.91 Å². The van der Waals surface area contributed by atoms with E-state index >= 15 is 0 Å². The number of carbonyl (C=O) groups excluding carboxylic acids is 1. The highest BCUT2D eigenvalue weighted by Crippen LogP contribution is 2.43. The molecule has 1 aliphatic rings. The van der Waals surface area contributed by atoms with Crippen LogP contribution in [0.1, 0.15) is 31.2 Å². The molecule has 0 N–H and O–H groups in total. The number of likely N-dealkylation sites (N-methyl/N-ethyl adjacent to an activating group) is 1. The van der Waals surface area contributed by atoms with Crippen molar-refractivity contribution < 1.29 is 9.18 Å². The lowest BCUT2D eigenvalue weighted by Crippen LogP contribution is -2.42. The van der Waals surface area contributed by atoms with Crippen molar-refractivity contribution in [3.63, 3.8) is 0 Å². The Balaban J connectivity index is 2.49. The van der Waals surface area contributed by atoms with E-state index in [0.717, 1.165) is 25.7 Å². The predicted octanol–water partition coefficient (Wildman–Crippen LogP) is 2.73. The monoisotopic (exact) mass is 235 g/mol. The van der Waals surface area contributed by atoms with Gasteiger partial charge in [0.05, 0.1) is 5.41 Å². The van der Waals surface area contributed by atoms with Gasteiger partial charge in [0.15, 0.2) is 0 Å². The molecule has 3 heteroatoms. The van der Waals surface area contributed by atoms with Crippen LogP contribution in [0.25, 0.3) is 0 Å². The van der Waals surface area contributed by atoms with Crippen LogP contribution in [0.15, 0.2) is 24.3 Å².